The Morgan fingerprint density at radius 1 is 0.849 bits per heavy atom. The van der Waals surface area contributed by atoms with Crippen molar-refractivity contribution < 1.29 is 28.6 Å². The van der Waals surface area contributed by atoms with Crippen LogP contribution in [0.15, 0.2) is 77.8 Å². The first kappa shape index (κ1) is 40.0. The molecule has 284 valence electrons. The summed E-state index contributed by atoms with van der Waals surface area (Å²) in [6, 6.07) is 19.2. The number of hydrogen-bond acceptors (Lipinski definition) is 11. The molecule has 53 heavy (non-hydrogen) atoms. The van der Waals surface area contributed by atoms with Crippen molar-refractivity contribution in [2.24, 2.45) is 5.92 Å². The van der Waals surface area contributed by atoms with Crippen LogP contribution in [0.4, 0.5) is 9.59 Å². The standard InChI is InChI=1S/C40H51N5O6S2/c1-29(2)38-42-34(27-52-38)25-50-40(48)44-36(15-16-45-17-19-49-20-18-45)37(46)23-32(21-30-9-5-3-6-10-30)13-14-33(22-31-11-7-4-8-12-31)43-39(47)51-26-35-24-41-28-53-35/h3-12,24,27-29,32-33,36H,13-23,25-26H2,1-2H3,(H,43,47)(H,44,48). The number of ketones is 1. The highest BCUT2D eigenvalue weighted by Gasteiger charge is 2.27. The lowest BCUT2D eigenvalue weighted by Crippen LogP contribution is -2.45. The van der Waals surface area contributed by atoms with Crippen molar-refractivity contribution in [3.05, 3.63) is 104 Å². The highest BCUT2D eigenvalue weighted by atomic mass is 32.1. The number of carbonyl (C=O) groups is 3. The van der Waals surface area contributed by atoms with E-state index in [0.29, 0.717) is 63.5 Å². The lowest BCUT2D eigenvalue weighted by Gasteiger charge is -2.29. The fourth-order valence-corrected chi connectivity index (χ4v) is 7.62. The third-order valence-electron chi connectivity index (χ3n) is 9.19. The lowest BCUT2D eigenvalue weighted by molar-refractivity contribution is -0.122. The van der Waals surface area contributed by atoms with E-state index in [2.05, 4.69) is 51.5 Å². The highest BCUT2D eigenvalue weighted by Crippen LogP contribution is 2.23. The van der Waals surface area contributed by atoms with Crippen LogP contribution in [0.2, 0.25) is 0 Å². The molecule has 1 saturated heterocycles. The van der Waals surface area contributed by atoms with Crippen molar-refractivity contribution in [2.75, 3.05) is 32.8 Å². The molecule has 0 bridgehead atoms. The number of alkyl carbamates (subject to hydrolysis) is 2. The van der Waals surface area contributed by atoms with Crippen LogP contribution in [0.1, 0.15) is 72.2 Å². The van der Waals surface area contributed by atoms with Gasteiger partial charge < -0.3 is 24.8 Å². The summed E-state index contributed by atoms with van der Waals surface area (Å²) in [5, 5.41) is 8.88. The van der Waals surface area contributed by atoms with E-state index in [1.807, 2.05) is 53.9 Å². The zero-order valence-corrected chi connectivity index (χ0v) is 32.2. The number of hydrogen-bond donors (Lipinski definition) is 2. The molecule has 2 N–H and O–H groups in total. The van der Waals surface area contributed by atoms with Gasteiger partial charge in [0.15, 0.2) is 5.78 Å². The minimum absolute atomic E-state index is 0.0358. The summed E-state index contributed by atoms with van der Waals surface area (Å²) in [7, 11) is 0. The van der Waals surface area contributed by atoms with Gasteiger partial charge in [0.1, 0.15) is 13.2 Å². The van der Waals surface area contributed by atoms with E-state index in [4.69, 9.17) is 14.2 Å². The van der Waals surface area contributed by atoms with Crippen molar-refractivity contribution >= 4 is 40.6 Å². The van der Waals surface area contributed by atoms with Gasteiger partial charge in [-0.05, 0) is 49.1 Å². The Kier molecular flexibility index (Phi) is 16.2. The van der Waals surface area contributed by atoms with Crippen molar-refractivity contribution in [1.82, 2.24) is 25.5 Å². The molecule has 2 aromatic heterocycles. The van der Waals surface area contributed by atoms with Crippen molar-refractivity contribution in [2.45, 2.75) is 83.6 Å². The first-order valence-electron chi connectivity index (χ1n) is 18.4. The number of benzene rings is 2. The van der Waals surface area contributed by atoms with Gasteiger partial charge in [-0.25, -0.2) is 14.6 Å². The Labute approximate surface area is 320 Å². The highest BCUT2D eigenvalue weighted by molar-refractivity contribution is 7.09. The van der Waals surface area contributed by atoms with E-state index in [1.165, 1.54) is 11.3 Å². The topological polar surface area (TPSA) is 132 Å². The monoisotopic (exact) mass is 761 g/mol. The normalized spacial score (nSPS) is 15.0. The zero-order valence-electron chi connectivity index (χ0n) is 30.6. The van der Waals surface area contributed by atoms with Gasteiger partial charge in [-0.1, -0.05) is 74.5 Å². The molecule has 0 aliphatic carbocycles. The summed E-state index contributed by atoms with van der Waals surface area (Å²) in [6.07, 6.45) is 3.91. The van der Waals surface area contributed by atoms with E-state index >= 15 is 0 Å². The molecule has 2 amide bonds. The Balaban J connectivity index is 1.26. The van der Waals surface area contributed by atoms with Crippen LogP contribution in [0.3, 0.4) is 0 Å². The fraction of sp³-hybridized carbons (Fsp3) is 0.475. The Morgan fingerprint density at radius 3 is 2.19 bits per heavy atom. The van der Waals surface area contributed by atoms with E-state index < -0.39 is 18.2 Å². The number of ether oxygens (including phenoxy) is 3. The average Bonchev–Trinajstić information content (AvgIpc) is 3.88. The summed E-state index contributed by atoms with van der Waals surface area (Å²) in [5.41, 5.74) is 4.63. The number of rotatable bonds is 20. The largest absolute Gasteiger partial charge is 0.444 e. The summed E-state index contributed by atoms with van der Waals surface area (Å²) in [6.45, 7) is 7.87. The number of carbonyl (C=O) groups excluding carboxylic acids is 3. The van der Waals surface area contributed by atoms with E-state index in [1.54, 1.807) is 23.0 Å². The smallest absolute Gasteiger partial charge is 0.408 e. The maximum Gasteiger partial charge on any atom is 0.408 e. The Bertz CT molecular complexity index is 1670. The van der Waals surface area contributed by atoms with Crippen LogP contribution in [0.5, 0.6) is 0 Å². The van der Waals surface area contributed by atoms with Crippen LogP contribution >= 0.6 is 22.7 Å². The number of nitrogens with zero attached hydrogens (tertiary/aromatic N) is 3. The molecule has 5 rings (SSSR count). The molecule has 0 saturated carbocycles. The number of morpholine rings is 1. The molecule has 3 atom stereocenters. The average molecular weight is 762 g/mol. The maximum absolute atomic E-state index is 14.2. The van der Waals surface area contributed by atoms with Gasteiger partial charge in [0.25, 0.3) is 0 Å². The molecular formula is C40H51N5O6S2. The fourth-order valence-electron chi connectivity index (χ4n) is 6.30. The summed E-state index contributed by atoms with van der Waals surface area (Å²) in [5.74, 6) is 0.218. The molecule has 0 spiro atoms. The van der Waals surface area contributed by atoms with Gasteiger partial charge in [-0.3, -0.25) is 14.7 Å². The Hall–Kier alpha value is -4.17. The summed E-state index contributed by atoms with van der Waals surface area (Å²) in [4.78, 5) is 52.0. The lowest BCUT2D eigenvalue weighted by atomic mass is 9.86. The maximum atomic E-state index is 14.2. The number of nitrogens with one attached hydrogen (secondary N) is 2. The van der Waals surface area contributed by atoms with E-state index in [0.717, 1.165) is 34.1 Å². The van der Waals surface area contributed by atoms with Crippen molar-refractivity contribution in [3.8, 4) is 0 Å². The van der Waals surface area contributed by atoms with Gasteiger partial charge in [-0.15, -0.1) is 22.7 Å². The molecule has 2 aromatic carbocycles. The van der Waals surface area contributed by atoms with Gasteiger partial charge >= 0.3 is 12.2 Å². The molecule has 11 nitrogen and oxygen atoms in total. The first-order valence-corrected chi connectivity index (χ1v) is 20.2. The van der Waals surface area contributed by atoms with Crippen LogP contribution in [-0.4, -0.2) is 77.8 Å². The minimum Gasteiger partial charge on any atom is -0.444 e. The number of thiazole rings is 2. The molecule has 1 aliphatic heterocycles. The summed E-state index contributed by atoms with van der Waals surface area (Å²) >= 11 is 2.98. The third kappa shape index (κ3) is 14.3. The molecule has 4 aromatic rings. The second-order valence-electron chi connectivity index (χ2n) is 13.7. The second-order valence-corrected chi connectivity index (χ2v) is 15.6. The number of aromatic nitrogens is 2. The van der Waals surface area contributed by atoms with Crippen LogP contribution in [0, 0.1) is 5.92 Å². The van der Waals surface area contributed by atoms with Gasteiger partial charge in [-0.2, -0.15) is 0 Å². The SMILES string of the molecule is CC(C)c1nc(COC(=O)NC(CCN2CCOCC2)C(=O)CC(CCC(Cc2ccccc2)NC(=O)OCc2cncs2)Cc2ccccc2)cs1. The van der Waals surface area contributed by atoms with Crippen LogP contribution < -0.4 is 10.6 Å². The van der Waals surface area contributed by atoms with Crippen LogP contribution in [0.25, 0.3) is 0 Å². The van der Waals surface area contributed by atoms with Crippen molar-refractivity contribution in [1.29, 1.82) is 0 Å². The molecule has 1 aliphatic rings. The predicted molar refractivity (Wildman–Crippen MR) is 207 cm³/mol. The second kappa shape index (κ2) is 21.5. The molecule has 3 heterocycles. The quantitative estimate of drug-likeness (QED) is 0.0962. The minimum atomic E-state index is -0.717. The predicted octanol–water partition coefficient (Wildman–Crippen LogP) is 7.18. The van der Waals surface area contributed by atoms with Crippen molar-refractivity contribution in [3.63, 3.8) is 0 Å². The van der Waals surface area contributed by atoms with E-state index in [9.17, 15) is 14.4 Å². The number of Topliss-reactive ketones (excluding diaryl/α,β-unsaturated/α-hetero) is 1. The Morgan fingerprint density at radius 2 is 1.53 bits per heavy atom. The molecule has 0 radical (unpaired) electrons. The molecule has 1 fully saturated rings. The number of amides is 2. The van der Waals surface area contributed by atoms with Gasteiger partial charge in [0, 0.05) is 49.6 Å². The van der Waals surface area contributed by atoms with Gasteiger partial charge in [0.2, 0.25) is 0 Å². The summed E-state index contributed by atoms with van der Waals surface area (Å²) < 4.78 is 16.6. The first-order chi connectivity index (χ1) is 25.8. The zero-order chi connectivity index (χ0) is 37.3. The molecule has 13 heteroatoms. The molecular weight excluding hydrogens is 711 g/mol. The third-order valence-corrected chi connectivity index (χ3v) is 11.1. The van der Waals surface area contributed by atoms with Gasteiger partial charge in [0.05, 0.1) is 40.3 Å². The van der Waals surface area contributed by atoms with Crippen LogP contribution in [-0.2, 0) is 45.1 Å². The van der Waals surface area contributed by atoms with E-state index in [-0.39, 0.29) is 37.4 Å². The molecule has 3 unspecified atom stereocenters.